The van der Waals surface area contributed by atoms with Crippen molar-refractivity contribution in [1.82, 2.24) is 14.3 Å². The number of sulfonamides is 1. The van der Waals surface area contributed by atoms with Crippen LogP contribution in [-0.2, 0) is 44.4 Å². The summed E-state index contributed by atoms with van der Waals surface area (Å²) >= 11 is 6.39. The van der Waals surface area contributed by atoms with Crippen LogP contribution in [0.2, 0.25) is 5.02 Å². The van der Waals surface area contributed by atoms with Gasteiger partial charge >= 0.3 is 0 Å². The number of fused-ring (bicyclic) bond motifs is 6. The molecule has 0 saturated heterocycles. The maximum Gasteiger partial charge on any atom is 0.264 e. The molecule has 1 saturated carbocycles. The molecule has 2 aromatic carbocycles. The van der Waals surface area contributed by atoms with Crippen LogP contribution in [0.5, 0.6) is 5.75 Å². The first-order chi connectivity index (χ1) is 20.2. The Morgan fingerprint density at radius 2 is 2.05 bits per heavy atom. The SMILES string of the molecule is Cc1nc2cn1CCO[C@@H]1CC[C@H]1CN1C[C@@]3(CCCc4cc(Cl)ccc43)COc3ccc(cc31)S(=O)(=O)NC(=O)C2. The quantitative estimate of drug-likeness (QED) is 0.407. The van der Waals surface area contributed by atoms with Crippen LogP contribution in [0.4, 0.5) is 5.69 Å². The number of aryl methyl sites for hydroxylation is 2. The Balaban J connectivity index is 1.28. The molecule has 1 fully saturated rings. The smallest absolute Gasteiger partial charge is 0.264 e. The zero-order valence-electron chi connectivity index (χ0n) is 23.6. The molecule has 1 spiro atoms. The van der Waals surface area contributed by atoms with E-state index in [2.05, 4.69) is 26.7 Å². The monoisotopic (exact) mass is 610 g/mol. The molecule has 4 aliphatic rings. The summed E-state index contributed by atoms with van der Waals surface area (Å²) in [5.41, 5.74) is 3.49. The molecule has 0 radical (unpaired) electrons. The molecule has 1 amide bonds. The lowest BCUT2D eigenvalue weighted by molar-refractivity contribution is -0.118. The van der Waals surface area contributed by atoms with Gasteiger partial charge in [-0.25, -0.2) is 18.1 Å². The number of nitrogens with one attached hydrogen (secondary N) is 1. The molecule has 9 nitrogen and oxygen atoms in total. The highest BCUT2D eigenvalue weighted by Gasteiger charge is 2.43. The van der Waals surface area contributed by atoms with Crippen molar-refractivity contribution >= 4 is 33.2 Å². The van der Waals surface area contributed by atoms with Crippen molar-refractivity contribution in [2.75, 3.05) is 31.2 Å². The summed E-state index contributed by atoms with van der Waals surface area (Å²) in [4.78, 5) is 19.6. The van der Waals surface area contributed by atoms with Gasteiger partial charge in [0.1, 0.15) is 11.6 Å². The number of benzene rings is 2. The van der Waals surface area contributed by atoms with Crippen LogP contribution < -0.4 is 14.4 Å². The lowest BCUT2D eigenvalue weighted by Crippen LogP contribution is -2.49. The second-order valence-electron chi connectivity index (χ2n) is 12.2. The molecular weight excluding hydrogens is 576 g/mol. The second-order valence-corrected chi connectivity index (χ2v) is 14.3. The van der Waals surface area contributed by atoms with Gasteiger partial charge in [-0.15, -0.1) is 0 Å². The highest BCUT2D eigenvalue weighted by molar-refractivity contribution is 7.90. The number of aromatic nitrogens is 2. The number of imidazole rings is 1. The fraction of sp³-hybridized carbons (Fsp3) is 0.484. The van der Waals surface area contributed by atoms with E-state index in [1.54, 1.807) is 18.3 Å². The van der Waals surface area contributed by atoms with Crippen molar-refractivity contribution in [3.05, 3.63) is 70.3 Å². The minimum absolute atomic E-state index is 0.0300. The van der Waals surface area contributed by atoms with E-state index in [1.165, 1.54) is 17.2 Å². The third-order valence-electron chi connectivity index (χ3n) is 9.40. The zero-order valence-corrected chi connectivity index (χ0v) is 25.2. The van der Waals surface area contributed by atoms with E-state index in [1.807, 2.05) is 17.6 Å². The molecule has 1 N–H and O–H groups in total. The predicted octanol–water partition coefficient (Wildman–Crippen LogP) is 4.17. The van der Waals surface area contributed by atoms with Gasteiger partial charge in [-0.1, -0.05) is 17.7 Å². The van der Waals surface area contributed by atoms with Crippen LogP contribution in [0.3, 0.4) is 0 Å². The van der Waals surface area contributed by atoms with Gasteiger partial charge in [0.05, 0.1) is 42.0 Å². The number of anilines is 1. The minimum Gasteiger partial charge on any atom is -0.490 e. The van der Waals surface area contributed by atoms with Crippen LogP contribution in [0.25, 0.3) is 0 Å². The summed E-state index contributed by atoms with van der Waals surface area (Å²) < 4.78 is 44.0. The Morgan fingerprint density at radius 3 is 2.88 bits per heavy atom. The molecular formula is C31H35ClN4O5S. The van der Waals surface area contributed by atoms with Crippen molar-refractivity contribution in [2.24, 2.45) is 5.92 Å². The van der Waals surface area contributed by atoms with E-state index in [0.29, 0.717) is 43.7 Å². The van der Waals surface area contributed by atoms with Crippen molar-refractivity contribution < 1.29 is 22.7 Å². The third-order valence-corrected chi connectivity index (χ3v) is 11.0. The number of amides is 1. The van der Waals surface area contributed by atoms with Crippen LogP contribution in [0, 0.1) is 12.8 Å². The molecule has 11 heteroatoms. The largest absolute Gasteiger partial charge is 0.490 e. The van der Waals surface area contributed by atoms with Gasteiger partial charge in [0.15, 0.2) is 0 Å². The molecule has 3 heterocycles. The molecule has 222 valence electrons. The highest BCUT2D eigenvalue weighted by Crippen LogP contribution is 2.46. The maximum absolute atomic E-state index is 13.4. The minimum atomic E-state index is -4.12. The lowest BCUT2D eigenvalue weighted by atomic mass is 9.70. The molecule has 3 atom stereocenters. The Bertz CT molecular complexity index is 1660. The number of carbonyl (C=O) groups is 1. The Labute approximate surface area is 251 Å². The first kappa shape index (κ1) is 27.7. The Kier molecular flexibility index (Phi) is 6.98. The van der Waals surface area contributed by atoms with Crippen LogP contribution >= 0.6 is 11.6 Å². The zero-order chi connectivity index (χ0) is 29.1. The fourth-order valence-corrected chi connectivity index (χ4v) is 8.31. The first-order valence-electron chi connectivity index (χ1n) is 14.7. The topological polar surface area (TPSA) is 103 Å². The second kappa shape index (κ2) is 10.6. The van der Waals surface area contributed by atoms with Gasteiger partial charge in [0, 0.05) is 42.2 Å². The van der Waals surface area contributed by atoms with E-state index >= 15 is 0 Å². The van der Waals surface area contributed by atoms with Crippen LogP contribution in [-0.4, -0.2) is 56.3 Å². The molecule has 0 unspecified atom stereocenters. The van der Waals surface area contributed by atoms with Gasteiger partial charge in [-0.3, -0.25) is 4.79 Å². The number of hydrogen-bond acceptors (Lipinski definition) is 7. The number of carbonyl (C=O) groups excluding carboxylic acids is 1. The Morgan fingerprint density at radius 1 is 1.17 bits per heavy atom. The number of hydrogen-bond donors (Lipinski definition) is 1. The van der Waals surface area contributed by atoms with Gasteiger partial charge in [0.25, 0.3) is 10.0 Å². The number of rotatable bonds is 0. The molecule has 1 aromatic heterocycles. The van der Waals surface area contributed by atoms with Crippen LogP contribution in [0.15, 0.2) is 47.5 Å². The van der Waals surface area contributed by atoms with Crippen molar-refractivity contribution in [1.29, 1.82) is 0 Å². The Hall–Kier alpha value is -3.08. The van der Waals surface area contributed by atoms with Crippen molar-refractivity contribution in [2.45, 2.75) is 68.4 Å². The van der Waals surface area contributed by atoms with Crippen molar-refractivity contribution in [3.63, 3.8) is 0 Å². The third kappa shape index (κ3) is 5.07. The fourth-order valence-electron chi connectivity index (χ4n) is 7.11. The average molecular weight is 611 g/mol. The summed E-state index contributed by atoms with van der Waals surface area (Å²) in [6.07, 6.45) is 6.79. The predicted molar refractivity (Wildman–Crippen MR) is 159 cm³/mol. The maximum atomic E-state index is 13.4. The number of ether oxygens (including phenoxy) is 2. The lowest BCUT2D eigenvalue weighted by Gasteiger charge is -2.44. The van der Waals surface area contributed by atoms with E-state index < -0.39 is 15.9 Å². The normalized spacial score (nSPS) is 27.0. The van der Waals surface area contributed by atoms with E-state index in [-0.39, 0.29) is 22.8 Å². The van der Waals surface area contributed by atoms with E-state index in [0.717, 1.165) is 55.2 Å². The van der Waals surface area contributed by atoms with Gasteiger partial charge < -0.3 is 18.9 Å². The summed E-state index contributed by atoms with van der Waals surface area (Å²) in [5.74, 6) is 1.09. The number of nitrogens with zero attached hydrogens (tertiary/aromatic N) is 3. The molecule has 3 aromatic rings. The average Bonchev–Trinajstić information content (AvgIpc) is 3.20. The first-order valence-corrected chi connectivity index (χ1v) is 16.6. The van der Waals surface area contributed by atoms with Crippen molar-refractivity contribution in [3.8, 4) is 5.75 Å². The van der Waals surface area contributed by atoms with Gasteiger partial charge in [-0.2, -0.15) is 0 Å². The number of halogens is 1. The molecule has 42 heavy (non-hydrogen) atoms. The summed E-state index contributed by atoms with van der Waals surface area (Å²) in [6, 6.07) is 11.1. The summed E-state index contributed by atoms with van der Waals surface area (Å²) in [6.45, 7) is 4.93. The summed E-state index contributed by atoms with van der Waals surface area (Å²) in [5, 5.41) is 0.734. The van der Waals surface area contributed by atoms with Crippen LogP contribution in [0.1, 0.15) is 48.3 Å². The standard InChI is InChI=1S/C31H35ClN4O5S/c1-20-33-24-14-30(37)34-42(38,39)25-6-9-29-27(15-25)36(16-22-4-8-28(22)40-12-11-35(20)17-24)18-31(19-41-29)10-2-3-21-13-23(32)5-7-26(21)31/h5-7,9,13,15,17,22,28H,2-4,8,10-12,14,16,18-19H2,1H3,(H,34,37)/t22-,28+,31-/m0/s1. The molecule has 2 aliphatic carbocycles. The van der Waals surface area contributed by atoms with Gasteiger partial charge in [0.2, 0.25) is 5.91 Å². The molecule has 7 rings (SSSR count). The molecule has 4 bridgehead atoms. The highest BCUT2D eigenvalue weighted by atomic mass is 35.5. The molecule has 2 aliphatic heterocycles. The van der Waals surface area contributed by atoms with E-state index in [4.69, 9.17) is 21.1 Å². The van der Waals surface area contributed by atoms with E-state index in [9.17, 15) is 13.2 Å². The summed E-state index contributed by atoms with van der Waals surface area (Å²) in [7, 11) is -4.12. The van der Waals surface area contributed by atoms with Gasteiger partial charge in [-0.05, 0) is 80.5 Å².